The summed E-state index contributed by atoms with van der Waals surface area (Å²) in [6.07, 6.45) is 2.13. The number of amides is 1. The maximum Gasteiger partial charge on any atom is 0.230 e. The number of nitrogens with zero attached hydrogens (tertiary/aromatic N) is 2. The van der Waals surface area contributed by atoms with Crippen molar-refractivity contribution < 1.29 is 4.79 Å². The molecule has 2 aromatic heterocycles. The van der Waals surface area contributed by atoms with Gasteiger partial charge in [0.05, 0.1) is 12.6 Å². The smallest absolute Gasteiger partial charge is 0.230 e. The van der Waals surface area contributed by atoms with Crippen LogP contribution in [0, 0.1) is 5.92 Å². The van der Waals surface area contributed by atoms with Gasteiger partial charge in [-0.25, -0.2) is 4.68 Å². The molecule has 0 aromatic carbocycles. The molecule has 1 amide bonds. The average Bonchev–Trinajstić information content (AvgIpc) is 2.91. The molecule has 0 fully saturated rings. The van der Waals surface area contributed by atoms with Crippen LogP contribution in [0.1, 0.15) is 18.7 Å². The lowest BCUT2D eigenvalue weighted by Gasteiger charge is -2.10. The summed E-state index contributed by atoms with van der Waals surface area (Å²) in [6.45, 7) is 5.06. The molecule has 1 N–H and O–H groups in total. The molecule has 0 unspecified atom stereocenters. The van der Waals surface area contributed by atoms with Gasteiger partial charge in [-0.3, -0.25) is 4.79 Å². The molecular weight excluding hydrogens is 246 g/mol. The molecule has 0 aliphatic rings. The fourth-order valence-electron chi connectivity index (χ4n) is 1.69. The molecule has 0 aliphatic carbocycles. The van der Waals surface area contributed by atoms with Gasteiger partial charge in [0.2, 0.25) is 5.91 Å². The zero-order valence-electron chi connectivity index (χ0n) is 10.6. The van der Waals surface area contributed by atoms with Crippen molar-refractivity contribution in [2.24, 2.45) is 5.92 Å². The predicted molar refractivity (Wildman–Crippen MR) is 73.7 cm³/mol. The van der Waals surface area contributed by atoms with Crippen LogP contribution < -0.4 is 5.32 Å². The molecule has 0 radical (unpaired) electrons. The Hall–Kier alpha value is -1.62. The minimum atomic E-state index is 0.00274. The average molecular weight is 263 g/mol. The van der Waals surface area contributed by atoms with E-state index in [4.69, 9.17) is 0 Å². The lowest BCUT2D eigenvalue weighted by Crippen LogP contribution is -2.18. The number of rotatable bonds is 5. The Labute approximate surface area is 111 Å². The van der Waals surface area contributed by atoms with Crippen molar-refractivity contribution >= 4 is 23.1 Å². The number of thiophene rings is 1. The minimum Gasteiger partial charge on any atom is -0.311 e. The molecule has 0 spiro atoms. The number of aromatic nitrogens is 2. The maximum absolute atomic E-state index is 11.9. The van der Waals surface area contributed by atoms with Crippen molar-refractivity contribution in [1.82, 2.24) is 9.78 Å². The lowest BCUT2D eigenvalue weighted by molar-refractivity contribution is -0.115. The van der Waals surface area contributed by atoms with Crippen molar-refractivity contribution in [3.8, 4) is 0 Å². The summed E-state index contributed by atoms with van der Waals surface area (Å²) >= 11 is 1.60. The van der Waals surface area contributed by atoms with Crippen LogP contribution in [0.4, 0.5) is 5.82 Å². The molecule has 18 heavy (non-hydrogen) atoms. The standard InChI is InChI=1S/C13H17N3OS/c1-10(2)9-16-12(5-6-14-16)15-13(17)8-11-4-3-7-18-11/h3-7,10H,8-9H2,1-2H3,(H,15,17). The van der Waals surface area contributed by atoms with E-state index < -0.39 is 0 Å². The second-order valence-corrected chi connectivity index (χ2v) is 5.63. The highest BCUT2D eigenvalue weighted by Crippen LogP contribution is 2.12. The van der Waals surface area contributed by atoms with Gasteiger partial charge in [-0.15, -0.1) is 11.3 Å². The maximum atomic E-state index is 11.9. The first-order valence-electron chi connectivity index (χ1n) is 5.99. The second kappa shape index (κ2) is 5.82. The summed E-state index contributed by atoms with van der Waals surface area (Å²) in [5.41, 5.74) is 0. The Morgan fingerprint density at radius 2 is 2.33 bits per heavy atom. The van der Waals surface area contributed by atoms with Crippen LogP contribution >= 0.6 is 11.3 Å². The Morgan fingerprint density at radius 1 is 1.50 bits per heavy atom. The molecule has 2 rings (SSSR count). The van der Waals surface area contributed by atoms with Crippen molar-refractivity contribution in [3.63, 3.8) is 0 Å². The largest absolute Gasteiger partial charge is 0.311 e. The molecule has 0 aliphatic heterocycles. The minimum absolute atomic E-state index is 0.00274. The SMILES string of the molecule is CC(C)Cn1nccc1NC(=O)Cc1cccs1. The van der Waals surface area contributed by atoms with Crippen molar-refractivity contribution in [1.29, 1.82) is 0 Å². The van der Waals surface area contributed by atoms with Crippen LogP contribution in [0.3, 0.4) is 0 Å². The Balaban J connectivity index is 1.96. The van der Waals surface area contributed by atoms with Crippen LogP contribution in [-0.4, -0.2) is 15.7 Å². The Kier molecular flexibility index (Phi) is 4.15. The summed E-state index contributed by atoms with van der Waals surface area (Å²) < 4.78 is 1.83. The van der Waals surface area contributed by atoms with E-state index in [0.717, 1.165) is 17.2 Å². The van der Waals surface area contributed by atoms with Crippen molar-refractivity contribution in [2.45, 2.75) is 26.8 Å². The summed E-state index contributed by atoms with van der Waals surface area (Å²) in [5, 5.41) is 9.09. The first kappa shape index (κ1) is 12.8. The molecule has 0 saturated heterocycles. The molecule has 2 heterocycles. The van der Waals surface area contributed by atoms with Gasteiger partial charge in [0, 0.05) is 17.5 Å². The normalized spacial score (nSPS) is 10.8. The van der Waals surface area contributed by atoms with E-state index in [0.29, 0.717) is 12.3 Å². The van der Waals surface area contributed by atoms with Gasteiger partial charge in [-0.1, -0.05) is 19.9 Å². The van der Waals surface area contributed by atoms with E-state index >= 15 is 0 Å². The summed E-state index contributed by atoms with van der Waals surface area (Å²) in [6, 6.07) is 5.75. The third-order valence-corrected chi connectivity index (χ3v) is 3.31. The van der Waals surface area contributed by atoms with Crippen molar-refractivity contribution in [3.05, 3.63) is 34.7 Å². The fourth-order valence-corrected chi connectivity index (χ4v) is 2.39. The van der Waals surface area contributed by atoms with Gasteiger partial charge in [-0.2, -0.15) is 5.10 Å². The highest BCUT2D eigenvalue weighted by molar-refractivity contribution is 7.10. The number of carbonyl (C=O) groups excluding carboxylic acids is 1. The molecular formula is C13H17N3OS. The summed E-state index contributed by atoms with van der Waals surface area (Å²) in [4.78, 5) is 12.9. The predicted octanol–water partition coefficient (Wildman–Crippen LogP) is 2.78. The second-order valence-electron chi connectivity index (χ2n) is 4.60. The van der Waals surface area contributed by atoms with E-state index in [2.05, 4.69) is 24.3 Å². The third-order valence-electron chi connectivity index (χ3n) is 2.44. The van der Waals surface area contributed by atoms with Crippen LogP contribution in [0.5, 0.6) is 0 Å². The number of anilines is 1. The van der Waals surface area contributed by atoms with Gasteiger partial charge in [0.15, 0.2) is 0 Å². The molecule has 0 atom stereocenters. The van der Waals surface area contributed by atoms with Crippen molar-refractivity contribution in [2.75, 3.05) is 5.32 Å². The van der Waals surface area contributed by atoms with Gasteiger partial charge < -0.3 is 5.32 Å². The molecule has 96 valence electrons. The van der Waals surface area contributed by atoms with E-state index in [1.807, 2.05) is 28.3 Å². The van der Waals surface area contributed by atoms with E-state index in [1.54, 1.807) is 17.5 Å². The van der Waals surface area contributed by atoms with E-state index in [9.17, 15) is 4.79 Å². The quantitative estimate of drug-likeness (QED) is 0.901. The topological polar surface area (TPSA) is 46.9 Å². The zero-order chi connectivity index (χ0) is 13.0. The molecule has 2 aromatic rings. The van der Waals surface area contributed by atoms with Crippen LogP contribution in [0.15, 0.2) is 29.8 Å². The summed E-state index contributed by atoms with van der Waals surface area (Å²) in [5.74, 6) is 1.27. The zero-order valence-corrected chi connectivity index (χ0v) is 11.4. The number of hydrogen-bond donors (Lipinski definition) is 1. The number of carbonyl (C=O) groups is 1. The Morgan fingerprint density at radius 3 is 3.00 bits per heavy atom. The molecule has 0 bridgehead atoms. The Bertz CT molecular complexity index is 502. The first-order chi connectivity index (χ1) is 8.65. The van der Waals surface area contributed by atoms with Crippen LogP contribution in [-0.2, 0) is 17.8 Å². The van der Waals surface area contributed by atoms with E-state index in [1.165, 1.54) is 0 Å². The van der Waals surface area contributed by atoms with Gasteiger partial charge >= 0.3 is 0 Å². The fraction of sp³-hybridized carbons (Fsp3) is 0.385. The third kappa shape index (κ3) is 3.43. The monoisotopic (exact) mass is 263 g/mol. The van der Waals surface area contributed by atoms with E-state index in [-0.39, 0.29) is 5.91 Å². The summed E-state index contributed by atoms with van der Waals surface area (Å²) in [7, 11) is 0. The highest BCUT2D eigenvalue weighted by atomic mass is 32.1. The van der Waals surface area contributed by atoms with Crippen LogP contribution in [0.2, 0.25) is 0 Å². The number of hydrogen-bond acceptors (Lipinski definition) is 3. The highest BCUT2D eigenvalue weighted by Gasteiger charge is 2.09. The molecule has 0 saturated carbocycles. The molecule has 4 nitrogen and oxygen atoms in total. The first-order valence-corrected chi connectivity index (χ1v) is 6.87. The van der Waals surface area contributed by atoms with Crippen LogP contribution in [0.25, 0.3) is 0 Å². The van der Waals surface area contributed by atoms with Gasteiger partial charge in [-0.05, 0) is 17.4 Å². The van der Waals surface area contributed by atoms with Gasteiger partial charge in [0.1, 0.15) is 5.82 Å². The number of nitrogens with one attached hydrogen (secondary N) is 1. The molecule has 5 heteroatoms. The van der Waals surface area contributed by atoms with Gasteiger partial charge in [0.25, 0.3) is 0 Å². The lowest BCUT2D eigenvalue weighted by atomic mass is 10.2.